The molecule has 2 aliphatic rings. The maximum Gasteiger partial charge on any atom is 0.231 e. The summed E-state index contributed by atoms with van der Waals surface area (Å²) in [5.74, 6) is 1.52. The van der Waals surface area contributed by atoms with Crippen LogP contribution >= 0.6 is 15.9 Å². The molecule has 22 heavy (non-hydrogen) atoms. The Morgan fingerprint density at radius 3 is 3.00 bits per heavy atom. The van der Waals surface area contributed by atoms with Crippen LogP contribution in [0.4, 0.5) is 0 Å². The lowest BCUT2D eigenvalue weighted by Crippen LogP contribution is -2.28. The number of benzene rings is 2. The van der Waals surface area contributed by atoms with Crippen molar-refractivity contribution >= 4 is 15.9 Å². The molecular formula is C17H16BrNO3. The fourth-order valence-corrected chi connectivity index (χ4v) is 3.77. The number of hydrogen-bond donors (Lipinski definition) is 2. The molecule has 1 aliphatic heterocycles. The summed E-state index contributed by atoms with van der Waals surface area (Å²) < 4.78 is 11.7. The van der Waals surface area contributed by atoms with E-state index in [1.165, 1.54) is 11.1 Å². The maximum atomic E-state index is 10.3. The SMILES string of the molecule is O[C@H]1Cc2ccccc2[C@H]1NCc1cc(Br)c2c(c1)OCO2. The average molecular weight is 362 g/mol. The molecule has 0 fully saturated rings. The standard InChI is InChI=1S/C17H16BrNO3/c18-13-5-10(6-15-17(13)22-9-21-15)8-19-16-12-4-2-1-3-11(12)7-14(16)20/h1-6,14,16,19-20H,7-9H2/t14-,16+/m0/s1. The van der Waals surface area contributed by atoms with Gasteiger partial charge >= 0.3 is 0 Å². The van der Waals surface area contributed by atoms with Gasteiger partial charge in [0.05, 0.1) is 16.6 Å². The molecule has 0 aromatic heterocycles. The minimum atomic E-state index is -0.380. The molecule has 2 atom stereocenters. The second-order valence-electron chi connectivity index (χ2n) is 5.64. The van der Waals surface area contributed by atoms with Gasteiger partial charge in [-0.1, -0.05) is 24.3 Å². The topological polar surface area (TPSA) is 50.7 Å². The summed E-state index contributed by atoms with van der Waals surface area (Å²) >= 11 is 3.51. The third-order valence-corrected chi connectivity index (χ3v) is 4.81. The normalized spacial score (nSPS) is 21.9. The Labute approximate surface area is 137 Å². The number of hydrogen-bond acceptors (Lipinski definition) is 4. The monoisotopic (exact) mass is 361 g/mol. The van der Waals surface area contributed by atoms with Crippen LogP contribution in [0, 0.1) is 0 Å². The van der Waals surface area contributed by atoms with Gasteiger partial charge in [-0.3, -0.25) is 0 Å². The summed E-state index contributed by atoms with van der Waals surface area (Å²) in [5, 5.41) is 13.7. The van der Waals surface area contributed by atoms with E-state index < -0.39 is 0 Å². The van der Waals surface area contributed by atoms with Gasteiger partial charge in [-0.15, -0.1) is 0 Å². The lowest BCUT2D eigenvalue weighted by molar-refractivity contribution is 0.140. The van der Waals surface area contributed by atoms with E-state index in [9.17, 15) is 5.11 Å². The van der Waals surface area contributed by atoms with E-state index in [4.69, 9.17) is 9.47 Å². The van der Waals surface area contributed by atoms with E-state index in [-0.39, 0.29) is 18.9 Å². The summed E-state index contributed by atoms with van der Waals surface area (Å²) in [6.45, 7) is 0.921. The van der Waals surface area contributed by atoms with E-state index in [0.29, 0.717) is 13.0 Å². The first-order chi connectivity index (χ1) is 10.7. The minimum Gasteiger partial charge on any atom is -0.454 e. The highest BCUT2D eigenvalue weighted by molar-refractivity contribution is 9.10. The van der Waals surface area contributed by atoms with Crippen molar-refractivity contribution in [3.63, 3.8) is 0 Å². The van der Waals surface area contributed by atoms with Crippen molar-refractivity contribution in [2.45, 2.75) is 25.1 Å². The maximum absolute atomic E-state index is 10.3. The van der Waals surface area contributed by atoms with E-state index in [0.717, 1.165) is 21.5 Å². The molecule has 0 bridgehead atoms. The second kappa shape index (κ2) is 5.57. The van der Waals surface area contributed by atoms with Crippen LogP contribution in [0.15, 0.2) is 40.9 Å². The van der Waals surface area contributed by atoms with Crippen molar-refractivity contribution in [3.8, 4) is 11.5 Å². The highest BCUT2D eigenvalue weighted by atomic mass is 79.9. The largest absolute Gasteiger partial charge is 0.454 e. The molecule has 4 rings (SSSR count). The van der Waals surface area contributed by atoms with Gasteiger partial charge in [-0.2, -0.15) is 0 Å². The fraction of sp³-hybridized carbons (Fsp3) is 0.294. The Morgan fingerprint density at radius 1 is 1.23 bits per heavy atom. The lowest BCUT2D eigenvalue weighted by Gasteiger charge is -2.18. The van der Waals surface area contributed by atoms with Gasteiger partial charge in [0, 0.05) is 13.0 Å². The van der Waals surface area contributed by atoms with Crippen LogP contribution in [0.2, 0.25) is 0 Å². The molecule has 0 unspecified atom stereocenters. The average Bonchev–Trinajstić information content (AvgIpc) is 3.09. The zero-order valence-corrected chi connectivity index (χ0v) is 13.5. The molecule has 114 valence electrons. The third kappa shape index (κ3) is 2.39. The van der Waals surface area contributed by atoms with Crippen LogP contribution < -0.4 is 14.8 Å². The van der Waals surface area contributed by atoms with Crippen LogP contribution in [0.1, 0.15) is 22.7 Å². The summed E-state index contributed by atoms with van der Waals surface area (Å²) in [6.07, 6.45) is 0.327. The fourth-order valence-electron chi connectivity index (χ4n) is 3.17. The molecule has 0 saturated heterocycles. The smallest absolute Gasteiger partial charge is 0.231 e. The minimum absolute atomic E-state index is 0.0274. The van der Waals surface area contributed by atoms with Crippen molar-refractivity contribution in [3.05, 3.63) is 57.6 Å². The van der Waals surface area contributed by atoms with E-state index >= 15 is 0 Å². The summed E-state index contributed by atoms with van der Waals surface area (Å²) in [4.78, 5) is 0. The Morgan fingerprint density at radius 2 is 2.09 bits per heavy atom. The van der Waals surface area contributed by atoms with Gasteiger partial charge in [0.2, 0.25) is 6.79 Å². The molecule has 0 radical (unpaired) electrons. The zero-order chi connectivity index (χ0) is 15.1. The Hall–Kier alpha value is -1.56. The number of aliphatic hydroxyl groups is 1. The first kappa shape index (κ1) is 14.1. The number of halogens is 1. The molecule has 2 aromatic carbocycles. The van der Waals surface area contributed by atoms with Crippen LogP contribution in [0.5, 0.6) is 11.5 Å². The first-order valence-corrected chi connectivity index (χ1v) is 8.09. The number of nitrogens with one attached hydrogen (secondary N) is 1. The van der Waals surface area contributed by atoms with Gasteiger partial charge in [0.25, 0.3) is 0 Å². The van der Waals surface area contributed by atoms with E-state index in [1.807, 2.05) is 24.3 Å². The van der Waals surface area contributed by atoms with Crippen molar-refractivity contribution < 1.29 is 14.6 Å². The third-order valence-electron chi connectivity index (χ3n) is 4.22. The number of rotatable bonds is 3. The molecule has 4 nitrogen and oxygen atoms in total. The van der Waals surface area contributed by atoms with Crippen LogP contribution in [0.3, 0.4) is 0 Å². The number of aliphatic hydroxyl groups excluding tert-OH is 1. The predicted molar refractivity (Wildman–Crippen MR) is 86.0 cm³/mol. The molecule has 0 amide bonds. The molecule has 1 heterocycles. The summed E-state index contributed by atoms with van der Waals surface area (Å²) in [7, 11) is 0. The number of fused-ring (bicyclic) bond motifs is 2. The lowest BCUT2D eigenvalue weighted by atomic mass is 10.1. The Kier molecular flexibility index (Phi) is 3.56. The molecule has 5 heteroatoms. The van der Waals surface area contributed by atoms with Gasteiger partial charge < -0.3 is 19.9 Å². The summed E-state index contributed by atoms with van der Waals surface area (Å²) in [5.41, 5.74) is 3.50. The van der Waals surface area contributed by atoms with Crippen molar-refractivity contribution in [1.29, 1.82) is 0 Å². The molecule has 0 saturated carbocycles. The Bertz CT molecular complexity index is 719. The second-order valence-corrected chi connectivity index (χ2v) is 6.49. The van der Waals surface area contributed by atoms with Crippen LogP contribution in [-0.2, 0) is 13.0 Å². The first-order valence-electron chi connectivity index (χ1n) is 7.29. The zero-order valence-electron chi connectivity index (χ0n) is 11.9. The van der Waals surface area contributed by atoms with Crippen LogP contribution in [0.25, 0.3) is 0 Å². The molecule has 0 spiro atoms. The van der Waals surface area contributed by atoms with Crippen molar-refractivity contribution in [1.82, 2.24) is 5.32 Å². The molecule has 1 aliphatic carbocycles. The van der Waals surface area contributed by atoms with Gasteiger partial charge in [0.15, 0.2) is 11.5 Å². The quantitative estimate of drug-likeness (QED) is 0.882. The molecular weight excluding hydrogens is 346 g/mol. The number of ether oxygens (including phenoxy) is 2. The van der Waals surface area contributed by atoms with Gasteiger partial charge in [0.1, 0.15) is 0 Å². The molecule has 2 N–H and O–H groups in total. The van der Waals surface area contributed by atoms with E-state index in [1.54, 1.807) is 0 Å². The predicted octanol–water partition coefficient (Wildman–Crippen LogP) is 2.93. The molecule has 2 aromatic rings. The van der Waals surface area contributed by atoms with E-state index in [2.05, 4.69) is 33.4 Å². The van der Waals surface area contributed by atoms with Crippen LogP contribution in [-0.4, -0.2) is 18.0 Å². The highest BCUT2D eigenvalue weighted by Gasteiger charge is 2.30. The highest BCUT2D eigenvalue weighted by Crippen LogP contribution is 2.40. The van der Waals surface area contributed by atoms with Crippen molar-refractivity contribution in [2.75, 3.05) is 6.79 Å². The van der Waals surface area contributed by atoms with Crippen molar-refractivity contribution in [2.24, 2.45) is 0 Å². The Balaban J connectivity index is 1.53. The summed E-state index contributed by atoms with van der Waals surface area (Å²) in [6, 6.07) is 12.2. The van der Waals surface area contributed by atoms with Gasteiger partial charge in [-0.25, -0.2) is 0 Å². The van der Waals surface area contributed by atoms with Gasteiger partial charge in [-0.05, 0) is 44.8 Å².